The van der Waals surface area contributed by atoms with E-state index in [-0.39, 0.29) is 0 Å². The van der Waals surface area contributed by atoms with Crippen LogP contribution >= 0.6 is 0 Å². The van der Waals surface area contributed by atoms with Gasteiger partial charge in [0.15, 0.2) is 0 Å². The summed E-state index contributed by atoms with van der Waals surface area (Å²) in [7, 11) is 0. The second-order valence-electron chi connectivity index (χ2n) is 2.32. The molecule has 1 aromatic rings. The van der Waals surface area contributed by atoms with Crippen molar-refractivity contribution in [3.8, 4) is 0 Å². The minimum Gasteiger partial charge on any atom is -0.382 e. The van der Waals surface area contributed by atoms with Gasteiger partial charge in [-0.2, -0.15) is 5.10 Å². The summed E-state index contributed by atoms with van der Waals surface area (Å²) >= 11 is 0. The van der Waals surface area contributed by atoms with Gasteiger partial charge >= 0.3 is 0 Å². The molecule has 0 aliphatic rings. The summed E-state index contributed by atoms with van der Waals surface area (Å²) in [6.07, 6.45) is 1.65. The predicted octanol–water partition coefficient (Wildman–Crippen LogP) is 0.440. The molecule has 0 saturated carbocycles. The van der Waals surface area contributed by atoms with Crippen LogP contribution in [-0.2, 0) is 4.74 Å². The van der Waals surface area contributed by atoms with E-state index in [4.69, 9.17) is 10.5 Å². The van der Waals surface area contributed by atoms with E-state index in [1.807, 2.05) is 6.92 Å². The number of hydrogen-bond acceptors (Lipinski definition) is 4. The summed E-state index contributed by atoms with van der Waals surface area (Å²) in [6, 6.07) is 0. The first-order valence-corrected chi connectivity index (χ1v) is 3.95. The lowest BCUT2D eigenvalue weighted by atomic mass is 10.5. The zero-order valence-electron chi connectivity index (χ0n) is 7.13. The number of aromatic nitrogens is 2. The van der Waals surface area contributed by atoms with Crippen LogP contribution in [0.2, 0.25) is 0 Å². The Morgan fingerprint density at radius 3 is 3.17 bits per heavy atom. The Bertz CT molecular complexity index is 223. The van der Waals surface area contributed by atoms with Crippen molar-refractivity contribution in [3.63, 3.8) is 0 Å². The Morgan fingerprint density at radius 2 is 2.58 bits per heavy atom. The van der Waals surface area contributed by atoms with Gasteiger partial charge in [0.1, 0.15) is 5.82 Å². The number of nitrogens with zero attached hydrogens (tertiary/aromatic N) is 1. The van der Waals surface area contributed by atoms with Crippen LogP contribution in [0.25, 0.3) is 0 Å². The number of anilines is 2. The van der Waals surface area contributed by atoms with Crippen LogP contribution in [0.4, 0.5) is 11.5 Å². The zero-order valence-corrected chi connectivity index (χ0v) is 7.13. The van der Waals surface area contributed by atoms with Crippen LogP contribution in [-0.4, -0.2) is 30.0 Å². The van der Waals surface area contributed by atoms with Crippen molar-refractivity contribution in [2.45, 2.75) is 6.92 Å². The second kappa shape index (κ2) is 4.61. The number of nitrogens with one attached hydrogen (secondary N) is 2. The summed E-state index contributed by atoms with van der Waals surface area (Å²) in [4.78, 5) is 0. The van der Waals surface area contributed by atoms with Crippen LogP contribution in [0.15, 0.2) is 6.20 Å². The maximum atomic E-state index is 5.53. The number of nitrogen functional groups attached to an aromatic ring is 1. The highest BCUT2D eigenvalue weighted by Crippen LogP contribution is 2.11. The fourth-order valence-electron chi connectivity index (χ4n) is 0.839. The van der Waals surface area contributed by atoms with Crippen LogP contribution in [0.5, 0.6) is 0 Å². The summed E-state index contributed by atoms with van der Waals surface area (Å²) in [5.41, 5.74) is 6.36. The molecule has 1 aromatic heterocycles. The lowest BCUT2D eigenvalue weighted by molar-refractivity contribution is 0.158. The maximum absolute atomic E-state index is 5.53. The van der Waals surface area contributed by atoms with Crippen LogP contribution < -0.4 is 11.1 Å². The number of aromatic amines is 1. The van der Waals surface area contributed by atoms with E-state index >= 15 is 0 Å². The minimum absolute atomic E-state index is 0.562. The van der Waals surface area contributed by atoms with Gasteiger partial charge in [-0.3, -0.25) is 5.10 Å². The molecule has 0 radical (unpaired) electrons. The van der Waals surface area contributed by atoms with E-state index in [0.29, 0.717) is 12.4 Å². The third-order valence-corrected chi connectivity index (χ3v) is 1.43. The Morgan fingerprint density at radius 1 is 1.75 bits per heavy atom. The topological polar surface area (TPSA) is 76.0 Å². The number of rotatable bonds is 5. The van der Waals surface area contributed by atoms with Crippen molar-refractivity contribution in [3.05, 3.63) is 6.20 Å². The number of H-pyrrole nitrogens is 1. The molecule has 68 valence electrons. The molecule has 1 heterocycles. The van der Waals surface area contributed by atoms with Crippen molar-refractivity contribution in [1.29, 1.82) is 0 Å². The van der Waals surface area contributed by atoms with Gasteiger partial charge in [0.05, 0.1) is 18.5 Å². The minimum atomic E-state index is 0.562. The summed E-state index contributed by atoms with van der Waals surface area (Å²) in [5, 5.41) is 9.49. The molecule has 0 saturated heterocycles. The lowest BCUT2D eigenvalue weighted by Gasteiger charge is -2.03. The molecule has 5 nitrogen and oxygen atoms in total. The predicted molar refractivity (Wildman–Crippen MR) is 48.0 cm³/mol. The van der Waals surface area contributed by atoms with Gasteiger partial charge < -0.3 is 15.8 Å². The number of nitrogens with two attached hydrogens (primary N) is 1. The van der Waals surface area contributed by atoms with Crippen molar-refractivity contribution in [2.75, 3.05) is 30.8 Å². The molecule has 0 amide bonds. The second-order valence-corrected chi connectivity index (χ2v) is 2.32. The average molecular weight is 170 g/mol. The smallest absolute Gasteiger partial charge is 0.142 e. The number of hydrogen-bond donors (Lipinski definition) is 3. The molecule has 0 aromatic carbocycles. The van der Waals surface area contributed by atoms with Gasteiger partial charge in [-0.15, -0.1) is 0 Å². The van der Waals surface area contributed by atoms with E-state index in [2.05, 4.69) is 15.5 Å². The standard InChI is InChI=1S/C7H14N4O/c1-2-12-4-3-9-6-5-10-11-7(6)8/h5,9H,2-4H2,1H3,(H3,8,10,11). The first-order valence-electron chi connectivity index (χ1n) is 3.95. The third kappa shape index (κ3) is 2.43. The largest absolute Gasteiger partial charge is 0.382 e. The first kappa shape index (κ1) is 8.86. The molecule has 0 atom stereocenters. The van der Waals surface area contributed by atoms with Gasteiger partial charge in [0.2, 0.25) is 0 Å². The molecule has 0 bridgehead atoms. The highest BCUT2D eigenvalue weighted by Gasteiger charge is 1.97. The molecule has 12 heavy (non-hydrogen) atoms. The van der Waals surface area contributed by atoms with Gasteiger partial charge in [-0.05, 0) is 6.92 Å². The average Bonchev–Trinajstić information content (AvgIpc) is 2.46. The maximum Gasteiger partial charge on any atom is 0.142 e. The van der Waals surface area contributed by atoms with Crippen molar-refractivity contribution < 1.29 is 4.74 Å². The fourth-order valence-corrected chi connectivity index (χ4v) is 0.839. The Balaban J connectivity index is 2.20. The van der Waals surface area contributed by atoms with E-state index in [1.165, 1.54) is 0 Å². The van der Waals surface area contributed by atoms with Crippen LogP contribution in [0.1, 0.15) is 6.92 Å². The van der Waals surface area contributed by atoms with Crippen LogP contribution in [0.3, 0.4) is 0 Å². The van der Waals surface area contributed by atoms with Crippen molar-refractivity contribution in [2.24, 2.45) is 0 Å². The SMILES string of the molecule is CCOCCNc1cn[nH]c1N. The Kier molecular flexibility index (Phi) is 3.40. The van der Waals surface area contributed by atoms with Gasteiger partial charge in [0.25, 0.3) is 0 Å². The molecule has 0 fully saturated rings. The van der Waals surface area contributed by atoms with E-state index in [0.717, 1.165) is 18.8 Å². The van der Waals surface area contributed by atoms with E-state index in [9.17, 15) is 0 Å². The number of ether oxygens (including phenoxy) is 1. The fraction of sp³-hybridized carbons (Fsp3) is 0.571. The third-order valence-electron chi connectivity index (χ3n) is 1.43. The molecule has 4 N–H and O–H groups in total. The summed E-state index contributed by atoms with van der Waals surface area (Å²) < 4.78 is 5.14. The molecule has 0 aliphatic carbocycles. The van der Waals surface area contributed by atoms with Gasteiger partial charge in [0, 0.05) is 13.2 Å². The lowest BCUT2D eigenvalue weighted by Crippen LogP contribution is -2.09. The molecular weight excluding hydrogens is 156 g/mol. The van der Waals surface area contributed by atoms with Gasteiger partial charge in [-0.25, -0.2) is 0 Å². The van der Waals surface area contributed by atoms with Crippen molar-refractivity contribution >= 4 is 11.5 Å². The van der Waals surface area contributed by atoms with E-state index < -0.39 is 0 Å². The summed E-state index contributed by atoms with van der Waals surface area (Å²) in [6.45, 7) is 4.13. The molecular formula is C7H14N4O. The zero-order chi connectivity index (χ0) is 8.81. The monoisotopic (exact) mass is 170 g/mol. The highest BCUT2D eigenvalue weighted by atomic mass is 16.5. The van der Waals surface area contributed by atoms with E-state index in [1.54, 1.807) is 6.20 Å². The normalized spacial score (nSPS) is 10.1. The van der Waals surface area contributed by atoms with Gasteiger partial charge in [-0.1, -0.05) is 0 Å². The summed E-state index contributed by atoms with van der Waals surface area (Å²) in [5.74, 6) is 0.562. The first-order chi connectivity index (χ1) is 5.84. The Labute approximate surface area is 71.3 Å². The Hall–Kier alpha value is -1.23. The quantitative estimate of drug-likeness (QED) is 0.560. The molecule has 5 heteroatoms. The van der Waals surface area contributed by atoms with Crippen LogP contribution in [0, 0.1) is 0 Å². The molecule has 0 spiro atoms. The highest BCUT2D eigenvalue weighted by molar-refractivity contribution is 5.59. The molecule has 0 unspecified atom stereocenters. The molecule has 0 aliphatic heterocycles. The van der Waals surface area contributed by atoms with Crippen molar-refractivity contribution in [1.82, 2.24) is 10.2 Å². The molecule has 1 rings (SSSR count).